The highest BCUT2D eigenvalue weighted by Gasteiger charge is 2.18. The van der Waals surface area contributed by atoms with E-state index in [1.54, 1.807) is 0 Å². The number of anilines is 2. The molecule has 0 spiro atoms. The Morgan fingerprint density at radius 3 is 1.90 bits per heavy atom. The van der Waals surface area contributed by atoms with Crippen molar-refractivity contribution in [1.82, 2.24) is 0 Å². The van der Waals surface area contributed by atoms with Gasteiger partial charge in [-0.15, -0.1) is 0 Å². The highest BCUT2D eigenvalue weighted by molar-refractivity contribution is 7.99. The molecular weight excluding hydrogens is 473 g/mol. The number of hydrogen-bond donors (Lipinski definition) is 2. The van der Waals surface area contributed by atoms with Gasteiger partial charge >= 0.3 is 0 Å². The van der Waals surface area contributed by atoms with E-state index in [1.165, 1.54) is 42.5 Å². The van der Waals surface area contributed by atoms with Crippen molar-refractivity contribution in [1.29, 1.82) is 0 Å². The first-order chi connectivity index (χ1) is 14.5. The zero-order chi connectivity index (χ0) is 22.6. The standard InChI is InChI=1S/C19H15F3N2O4S3/c20-13-4-10-17(11-5-13)30(25,26)24-15-2-1-3-18(12-15)31(27,28)23-14-6-8-16(9-7-14)29-19(21)22/h1-12,19,23-24H. The lowest BCUT2D eigenvalue weighted by atomic mass is 10.3. The van der Waals surface area contributed by atoms with Crippen molar-refractivity contribution in [2.24, 2.45) is 0 Å². The van der Waals surface area contributed by atoms with Crippen LogP contribution in [0.4, 0.5) is 24.5 Å². The van der Waals surface area contributed by atoms with Crippen LogP contribution in [0.3, 0.4) is 0 Å². The maximum Gasteiger partial charge on any atom is 0.288 e. The molecule has 0 aromatic heterocycles. The SMILES string of the molecule is O=S(=O)(Nc1cccc(S(=O)(=O)Nc2ccc(SC(F)F)cc2)c1)c1ccc(F)cc1. The molecule has 0 amide bonds. The van der Waals surface area contributed by atoms with Crippen LogP contribution in [0.25, 0.3) is 0 Å². The second-order valence-corrected chi connectivity index (χ2v) is 10.5. The van der Waals surface area contributed by atoms with Crippen molar-refractivity contribution in [3.63, 3.8) is 0 Å². The fourth-order valence-corrected chi connectivity index (χ4v) is 5.13. The summed E-state index contributed by atoms with van der Waals surface area (Å²) in [4.78, 5) is -0.143. The van der Waals surface area contributed by atoms with E-state index in [9.17, 15) is 30.0 Å². The van der Waals surface area contributed by atoms with Gasteiger partial charge in [-0.2, -0.15) is 8.78 Å². The van der Waals surface area contributed by atoms with Gasteiger partial charge in [0.2, 0.25) is 0 Å². The quantitative estimate of drug-likeness (QED) is 0.447. The predicted molar refractivity (Wildman–Crippen MR) is 113 cm³/mol. The number of nitrogens with one attached hydrogen (secondary N) is 2. The minimum Gasteiger partial charge on any atom is -0.280 e. The van der Waals surface area contributed by atoms with Gasteiger partial charge in [0.15, 0.2) is 0 Å². The lowest BCUT2D eigenvalue weighted by Gasteiger charge is -2.12. The van der Waals surface area contributed by atoms with Gasteiger partial charge in [-0.05, 0) is 66.7 Å². The number of benzene rings is 3. The maximum absolute atomic E-state index is 13.0. The highest BCUT2D eigenvalue weighted by atomic mass is 32.2. The van der Waals surface area contributed by atoms with Gasteiger partial charge in [0.25, 0.3) is 25.8 Å². The average Bonchev–Trinajstić information content (AvgIpc) is 2.69. The van der Waals surface area contributed by atoms with E-state index in [-0.39, 0.29) is 26.1 Å². The number of rotatable bonds is 8. The smallest absolute Gasteiger partial charge is 0.280 e. The molecule has 164 valence electrons. The monoisotopic (exact) mass is 488 g/mol. The van der Waals surface area contributed by atoms with E-state index >= 15 is 0 Å². The van der Waals surface area contributed by atoms with Crippen LogP contribution >= 0.6 is 11.8 Å². The topological polar surface area (TPSA) is 92.3 Å². The van der Waals surface area contributed by atoms with Crippen LogP contribution in [-0.2, 0) is 20.0 Å². The van der Waals surface area contributed by atoms with Gasteiger partial charge < -0.3 is 0 Å². The molecule has 31 heavy (non-hydrogen) atoms. The lowest BCUT2D eigenvalue weighted by Crippen LogP contribution is -2.15. The van der Waals surface area contributed by atoms with E-state index in [4.69, 9.17) is 0 Å². The molecular formula is C19H15F3N2O4S3. The summed E-state index contributed by atoms with van der Waals surface area (Å²) in [6.45, 7) is 0. The highest BCUT2D eigenvalue weighted by Crippen LogP contribution is 2.27. The summed E-state index contributed by atoms with van der Waals surface area (Å²) in [5, 5.41) is 0. The summed E-state index contributed by atoms with van der Waals surface area (Å²) in [6.07, 6.45) is 0. The molecule has 6 nitrogen and oxygen atoms in total. The van der Waals surface area contributed by atoms with Crippen molar-refractivity contribution >= 4 is 43.2 Å². The predicted octanol–water partition coefficient (Wildman–Crippen LogP) is 4.74. The normalized spacial score (nSPS) is 12.0. The third-order valence-corrected chi connectivity index (χ3v) is 7.35. The van der Waals surface area contributed by atoms with Crippen LogP contribution in [0.5, 0.6) is 0 Å². The molecule has 0 bridgehead atoms. The molecule has 0 heterocycles. The Balaban J connectivity index is 1.79. The van der Waals surface area contributed by atoms with Crippen LogP contribution in [-0.4, -0.2) is 22.6 Å². The third-order valence-electron chi connectivity index (χ3n) is 3.85. The van der Waals surface area contributed by atoms with Crippen LogP contribution in [0.1, 0.15) is 0 Å². The second kappa shape index (κ2) is 9.20. The molecule has 0 aliphatic heterocycles. The zero-order valence-corrected chi connectivity index (χ0v) is 17.9. The van der Waals surface area contributed by atoms with Gasteiger partial charge in [0.1, 0.15) is 5.82 Å². The molecule has 0 aliphatic carbocycles. The van der Waals surface area contributed by atoms with Crippen molar-refractivity contribution < 1.29 is 30.0 Å². The molecule has 0 saturated heterocycles. The summed E-state index contributed by atoms with van der Waals surface area (Å²) in [5.74, 6) is -3.19. The average molecular weight is 489 g/mol. The van der Waals surface area contributed by atoms with Crippen LogP contribution in [0.2, 0.25) is 0 Å². The van der Waals surface area contributed by atoms with Gasteiger partial charge in [-0.25, -0.2) is 21.2 Å². The van der Waals surface area contributed by atoms with Crippen LogP contribution < -0.4 is 9.44 Å². The maximum atomic E-state index is 13.0. The van der Waals surface area contributed by atoms with E-state index in [1.807, 2.05) is 0 Å². The lowest BCUT2D eigenvalue weighted by molar-refractivity contribution is 0.252. The van der Waals surface area contributed by atoms with Crippen molar-refractivity contribution in [3.05, 3.63) is 78.6 Å². The van der Waals surface area contributed by atoms with Crippen molar-refractivity contribution in [3.8, 4) is 0 Å². The van der Waals surface area contributed by atoms with Gasteiger partial charge in [-0.1, -0.05) is 17.8 Å². The van der Waals surface area contributed by atoms with Gasteiger partial charge in [0.05, 0.1) is 15.5 Å². The molecule has 0 aliphatic rings. The molecule has 0 saturated carbocycles. The Kier molecular flexibility index (Phi) is 6.82. The number of halogens is 3. The van der Waals surface area contributed by atoms with E-state index in [2.05, 4.69) is 9.44 Å². The largest absolute Gasteiger partial charge is 0.288 e. The molecule has 0 radical (unpaired) electrons. The van der Waals surface area contributed by atoms with Crippen LogP contribution in [0.15, 0.2) is 87.5 Å². The first-order valence-corrected chi connectivity index (χ1v) is 12.4. The number of hydrogen-bond acceptors (Lipinski definition) is 5. The van der Waals surface area contributed by atoms with E-state index in [0.717, 1.165) is 30.3 Å². The minimum atomic E-state index is -4.09. The Morgan fingerprint density at radius 1 is 0.710 bits per heavy atom. The molecule has 0 unspecified atom stereocenters. The Hall–Kier alpha value is -2.70. The fourth-order valence-electron chi connectivity index (χ4n) is 2.47. The summed E-state index contributed by atoms with van der Waals surface area (Å²) < 4.78 is 92.4. The number of alkyl halides is 2. The molecule has 3 aromatic carbocycles. The molecule has 12 heteroatoms. The summed E-state index contributed by atoms with van der Waals surface area (Å²) in [6, 6.07) is 14.6. The van der Waals surface area contributed by atoms with Gasteiger partial charge in [0, 0.05) is 10.6 Å². The Bertz CT molecular complexity index is 1270. The Morgan fingerprint density at radius 2 is 1.29 bits per heavy atom. The zero-order valence-electron chi connectivity index (χ0n) is 15.5. The van der Waals surface area contributed by atoms with Crippen molar-refractivity contribution in [2.75, 3.05) is 9.44 Å². The first-order valence-electron chi connectivity index (χ1n) is 8.51. The fraction of sp³-hybridized carbons (Fsp3) is 0.0526. The molecule has 3 aromatic rings. The molecule has 3 rings (SSSR count). The minimum absolute atomic E-state index is 0.0177. The number of sulfonamides is 2. The summed E-state index contributed by atoms with van der Waals surface area (Å²) >= 11 is 0.331. The molecule has 0 fully saturated rings. The number of thioether (sulfide) groups is 1. The molecule has 2 N–H and O–H groups in total. The Labute approximate surface area is 181 Å². The first kappa shape index (κ1) is 23.0. The van der Waals surface area contributed by atoms with Crippen LogP contribution in [0, 0.1) is 5.82 Å². The second-order valence-electron chi connectivity index (χ2n) is 6.10. The van der Waals surface area contributed by atoms with Crippen molar-refractivity contribution in [2.45, 2.75) is 20.4 Å². The summed E-state index contributed by atoms with van der Waals surface area (Å²) in [7, 11) is -8.15. The third kappa shape index (κ3) is 6.15. The van der Waals surface area contributed by atoms with E-state index in [0.29, 0.717) is 11.8 Å². The van der Waals surface area contributed by atoms with E-state index < -0.39 is 31.6 Å². The molecule has 0 atom stereocenters. The summed E-state index contributed by atoms with van der Waals surface area (Å²) in [5.41, 5.74) is 0.131. The van der Waals surface area contributed by atoms with Gasteiger partial charge in [-0.3, -0.25) is 9.44 Å².